The predicted octanol–water partition coefficient (Wildman–Crippen LogP) is 3.71. The molecule has 0 heterocycles. The number of benzene rings is 2. The van der Waals surface area contributed by atoms with Crippen LogP contribution in [0.3, 0.4) is 0 Å². The van der Waals surface area contributed by atoms with Gasteiger partial charge in [0.15, 0.2) is 5.78 Å². The van der Waals surface area contributed by atoms with E-state index in [1.165, 1.54) is 12.1 Å². The highest BCUT2D eigenvalue weighted by Crippen LogP contribution is 2.20. The minimum Gasteiger partial charge on any atom is -0.399 e. The SMILES string of the molecule is Cc1cc(C(=O)c2ccc(Br)c(F)c2)ccc1N. The van der Waals surface area contributed by atoms with Crippen LogP contribution in [-0.4, -0.2) is 5.78 Å². The number of nitrogens with two attached hydrogens (primary N) is 1. The minimum atomic E-state index is -0.451. The molecule has 0 saturated carbocycles. The maximum absolute atomic E-state index is 13.4. The van der Waals surface area contributed by atoms with E-state index in [9.17, 15) is 9.18 Å². The maximum atomic E-state index is 13.4. The van der Waals surface area contributed by atoms with Crippen molar-refractivity contribution in [3.8, 4) is 0 Å². The number of rotatable bonds is 2. The molecule has 0 aliphatic carbocycles. The first-order valence-corrected chi connectivity index (χ1v) is 6.14. The zero-order valence-electron chi connectivity index (χ0n) is 9.71. The lowest BCUT2D eigenvalue weighted by molar-refractivity contribution is 0.103. The van der Waals surface area contributed by atoms with Gasteiger partial charge in [-0.2, -0.15) is 0 Å². The third kappa shape index (κ3) is 2.43. The summed E-state index contributed by atoms with van der Waals surface area (Å²) in [4.78, 5) is 12.2. The fourth-order valence-electron chi connectivity index (χ4n) is 1.62. The van der Waals surface area contributed by atoms with Gasteiger partial charge in [0.2, 0.25) is 0 Å². The first-order valence-electron chi connectivity index (χ1n) is 5.35. The topological polar surface area (TPSA) is 43.1 Å². The molecule has 0 aliphatic heterocycles. The molecule has 2 aromatic rings. The van der Waals surface area contributed by atoms with Gasteiger partial charge in [-0.15, -0.1) is 0 Å². The Hall–Kier alpha value is -1.68. The van der Waals surface area contributed by atoms with Crippen molar-refractivity contribution in [3.63, 3.8) is 0 Å². The number of anilines is 1. The normalized spacial score (nSPS) is 10.4. The summed E-state index contributed by atoms with van der Waals surface area (Å²) in [5.41, 5.74) is 7.98. The Balaban J connectivity index is 2.41. The summed E-state index contributed by atoms with van der Waals surface area (Å²) >= 11 is 3.05. The third-order valence-electron chi connectivity index (χ3n) is 2.71. The zero-order chi connectivity index (χ0) is 13.3. The van der Waals surface area contributed by atoms with E-state index in [0.29, 0.717) is 21.3 Å². The number of hydrogen-bond donors (Lipinski definition) is 1. The van der Waals surface area contributed by atoms with Gasteiger partial charge in [-0.05, 0) is 64.8 Å². The van der Waals surface area contributed by atoms with Crippen LogP contribution in [0.1, 0.15) is 21.5 Å². The lowest BCUT2D eigenvalue weighted by Gasteiger charge is -2.05. The van der Waals surface area contributed by atoms with E-state index in [-0.39, 0.29) is 5.78 Å². The van der Waals surface area contributed by atoms with Crippen LogP contribution in [0.2, 0.25) is 0 Å². The summed E-state index contributed by atoms with van der Waals surface area (Å²) in [6, 6.07) is 9.35. The second kappa shape index (κ2) is 4.90. The summed E-state index contributed by atoms with van der Waals surface area (Å²) < 4.78 is 13.7. The predicted molar refractivity (Wildman–Crippen MR) is 73.1 cm³/mol. The molecule has 0 spiro atoms. The van der Waals surface area contributed by atoms with Gasteiger partial charge >= 0.3 is 0 Å². The Morgan fingerprint density at radius 2 is 1.78 bits per heavy atom. The van der Waals surface area contributed by atoms with Gasteiger partial charge in [0, 0.05) is 16.8 Å². The number of nitrogen functional groups attached to an aromatic ring is 1. The number of aryl methyl sites for hydroxylation is 1. The molecule has 0 aliphatic rings. The molecule has 4 heteroatoms. The smallest absolute Gasteiger partial charge is 0.193 e. The van der Waals surface area contributed by atoms with E-state index in [0.717, 1.165) is 5.56 Å². The molecule has 2 aromatic carbocycles. The second-order valence-electron chi connectivity index (χ2n) is 4.03. The molecule has 92 valence electrons. The summed E-state index contributed by atoms with van der Waals surface area (Å²) in [6.45, 7) is 1.83. The number of carbonyl (C=O) groups excluding carboxylic acids is 1. The van der Waals surface area contributed by atoms with Crippen LogP contribution in [0.15, 0.2) is 40.9 Å². The van der Waals surface area contributed by atoms with E-state index in [4.69, 9.17) is 5.73 Å². The molecule has 2 nitrogen and oxygen atoms in total. The van der Waals surface area contributed by atoms with Gasteiger partial charge in [-0.1, -0.05) is 0 Å². The van der Waals surface area contributed by atoms with E-state index in [1.54, 1.807) is 24.3 Å². The summed E-state index contributed by atoms with van der Waals surface area (Å²) in [5, 5.41) is 0. The van der Waals surface area contributed by atoms with E-state index < -0.39 is 5.82 Å². The van der Waals surface area contributed by atoms with E-state index in [1.807, 2.05) is 6.92 Å². The summed E-state index contributed by atoms with van der Waals surface area (Å²) in [7, 11) is 0. The van der Waals surface area contributed by atoms with Crippen molar-refractivity contribution in [2.75, 3.05) is 5.73 Å². The van der Waals surface area contributed by atoms with Gasteiger partial charge in [-0.25, -0.2) is 4.39 Å². The first kappa shape index (κ1) is 12.8. The largest absolute Gasteiger partial charge is 0.399 e. The van der Waals surface area contributed by atoms with E-state index in [2.05, 4.69) is 15.9 Å². The highest BCUT2D eigenvalue weighted by Gasteiger charge is 2.12. The van der Waals surface area contributed by atoms with Gasteiger partial charge in [0.25, 0.3) is 0 Å². The van der Waals surface area contributed by atoms with Crippen LogP contribution in [-0.2, 0) is 0 Å². The Morgan fingerprint density at radius 3 is 2.39 bits per heavy atom. The standard InChI is InChI=1S/C14H11BrFNO/c1-8-6-9(3-5-13(8)17)14(18)10-2-4-11(15)12(16)7-10/h2-7H,17H2,1H3. The third-order valence-corrected chi connectivity index (χ3v) is 3.36. The number of hydrogen-bond acceptors (Lipinski definition) is 2. The first-order chi connectivity index (χ1) is 8.49. The quantitative estimate of drug-likeness (QED) is 0.679. The average molecular weight is 308 g/mol. The average Bonchev–Trinajstić information content (AvgIpc) is 2.35. The number of halogens is 2. The molecule has 0 bridgehead atoms. The van der Waals surface area contributed by atoms with Crippen molar-refractivity contribution in [2.45, 2.75) is 6.92 Å². The lowest BCUT2D eigenvalue weighted by Crippen LogP contribution is -2.03. The summed E-state index contributed by atoms with van der Waals surface area (Å²) in [6.07, 6.45) is 0. The molecule has 2 N–H and O–H groups in total. The maximum Gasteiger partial charge on any atom is 0.193 e. The Labute approximate surface area is 113 Å². The fraction of sp³-hybridized carbons (Fsp3) is 0.0714. The van der Waals surface area contributed by atoms with Gasteiger partial charge in [0.1, 0.15) is 5.82 Å². The van der Waals surface area contributed by atoms with Crippen LogP contribution >= 0.6 is 15.9 Å². The van der Waals surface area contributed by atoms with Crippen molar-refractivity contribution in [3.05, 3.63) is 63.4 Å². The van der Waals surface area contributed by atoms with Crippen molar-refractivity contribution < 1.29 is 9.18 Å². The molecular weight excluding hydrogens is 297 g/mol. The van der Waals surface area contributed by atoms with Gasteiger partial charge in [0.05, 0.1) is 4.47 Å². The minimum absolute atomic E-state index is 0.218. The van der Waals surface area contributed by atoms with Crippen molar-refractivity contribution >= 4 is 27.4 Å². The van der Waals surface area contributed by atoms with Crippen LogP contribution < -0.4 is 5.73 Å². The number of ketones is 1. The van der Waals surface area contributed by atoms with Crippen LogP contribution in [0.25, 0.3) is 0 Å². The Bertz CT molecular complexity index is 572. The molecule has 0 unspecified atom stereocenters. The van der Waals surface area contributed by atoms with Crippen LogP contribution in [0.4, 0.5) is 10.1 Å². The molecule has 2 rings (SSSR count). The second-order valence-corrected chi connectivity index (χ2v) is 4.88. The molecule has 0 amide bonds. The molecule has 0 aromatic heterocycles. The van der Waals surface area contributed by atoms with Gasteiger partial charge < -0.3 is 5.73 Å². The molecule has 0 atom stereocenters. The van der Waals surface area contributed by atoms with Crippen molar-refractivity contribution in [2.24, 2.45) is 0 Å². The highest BCUT2D eigenvalue weighted by molar-refractivity contribution is 9.10. The Kier molecular flexibility index (Phi) is 3.48. The van der Waals surface area contributed by atoms with Crippen LogP contribution in [0, 0.1) is 12.7 Å². The van der Waals surface area contributed by atoms with Crippen LogP contribution in [0.5, 0.6) is 0 Å². The van der Waals surface area contributed by atoms with Crippen molar-refractivity contribution in [1.29, 1.82) is 0 Å². The fourth-order valence-corrected chi connectivity index (χ4v) is 1.87. The molecule has 0 radical (unpaired) electrons. The van der Waals surface area contributed by atoms with Crippen molar-refractivity contribution in [1.82, 2.24) is 0 Å². The highest BCUT2D eigenvalue weighted by atomic mass is 79.9. The Morgan fingerprint density at radius 1 is 1.17 bits per heavy atom. The molecule has 18 heavy (non-hydrogen) atoms. The molecule has 0 fully saturated rings. The molecular formula is C14H11BrFNO. The van der Waals surface area contributed by atoms with Gasteiger partial charge in [-0.3, -0.25) is 4.79 Å². The zero-order valence-corrected chi connectivity index (χ0v) is 11.3. The van der Waals surface area contributed by atoms with E-state index >= 15 is 0 Å². The molecule has 0 saturated heterocycles. The lowest BCUT2D eigenvalue weighted by atomic mass is 10.0. The number of carbonyl (C=O) groups is 1. The summed E-state index contributed by atoms with van der Waals surface area (Å²) in [5.74, 6) is -0.669. The monoisotopic (exact) mass is 307 g/mol.